The molecule has 0 heterocycles. The molecule has 0 aromatic rings. The van der Waals surface area contributed by atoms with Crippen LogP contribution in [0.2, 0.25) is 0 Å². The van der Waals surface area contributed by atoms with E-state index in [0.29, 0.717) is 24.4 Å². The maximum atomic E-state index is 6.37. The fourth-order valence-electron chi connectivity index (χ4n) is 2.94. The Morgan fingerprint density at radius 3 is 0.810 bits per heavy atom. The highest BCUT2D eigenvalue weighted by atomic mass is 28.4. The number of rotatable bonds is 8. The molecule has 0 saturated heterocycles. The van der Waals surface area contributed by atoms with E-state index >= 15 is 0 Å². The zero-order valence-corrected chi connectivity index (χ0v) is 13.9. The molecule has 0 aromatic heterocycles. The molecular formula is C16H28O4Si. The standard InChI is InChI=1S/C16H28O4Si/c1-5-13(6-1)17-21(18-14-7-2-8-14,19-15-9-3-10-15)20-16-11-4-12-16/h13-16H,1-12H2. The molecule has 4 rings (SSSR count). The topological polar surface area (TPSA) is 36.9 Å². The molecule has 4 nitrogen and oxygen atoms in total. The second kappa shape index (κ2) is 6.28. The van der Waals surface area contributed by atoms with Crippen LogP contribution in [0, 0.1) is 0 Å². The maximum absolute atomic E-state index is 6.37. The molecule has 4 aliphatic rings. The summed E-state index contributed by atoms with van der Waals surface area (Å²) < 4.78 is 25.5. The van der Waals surface area contributed by atoms with E-state index < -0.39 is 9.05 Å². The summed E-state index contributed by atoms with van der Waals surface area (Å²) >= 11 is 0. The summed E-state index contributed by atoms with van der Waals surface area (Å²) in [6.45, 7) is 0. The lowest BCUT2D eigenvalue weighted by atomic mass is 9.97. The second-order valence-electron chi connectivity index (χ2n) is 7.18. The van der Waals surface area contributed by atoms with Gasteiger partial charge in [0.15, 0.2) is 0 Å². The summed E-state index contributed by atoms with van der Waals surface area (Å²) in [6.07, 6.45) is 15.5. The third-order valence-electron chi connectivity index (χ3n) is 5.45. The van der Waals surface area contributed by atoms with Crippen molar-refractivity contribution < 1.29 is 17.7 Å². The van der Waals surface area contributed by atoms with Crippen LogP contribution in [0.5, 0.6) is 0 Å². The van der Waals surface area contributed by atoms with Crippen LogP contribution >= 0.6 is 0 Å². The van der Waals surface area contributed by atoms with Crippen molar-refractivity contribution in [2.45, 2.75) is 101 Å². The summed E-state index contributed by atoms with van der Waals surface area (Å²) in [5, 5.41) is 0. The lowest BCUT2D eigenvalue weighted by Gasteiger charge is -2.44. The molecule has 4 aliphatic carbocycles. The molecule has 0 aliphatic heterocycles. The normalized spacial score (nSPS) is 28.6. The molecule has 120 valence electrons. The fraction of sp³-hybridized carbons (Fsp3) is 1.00. The Labute approximate surface area is 129 Å². The van der Waals surface area contributed by atoms with E-state index in [4.69, 9.17) is 17.7 Å². The van der Waals surface area contributed by atoms with Gasteiger partial charge in [0.1, 0.15) is 0 Å². The van der Waals surface area contributed by atoms with Crippen molar-refractivity contribution >= 4 is 9.05 Å². The van der Waals surface area contributed by atoms with Crippen LogP contribution in [0.4, 0.5) is 0 Å². The minimum atomic E-state index is -2.93. The van der Waals surface area contributed by atoms with Gasteiger partial charge in [0.2, 0.25) is 0 Å². The molecule has 0 N–H and O–H groups in total. The van der Waals surface area contributed by atoms with Crippen molar-refractivity contribution in [3.63, 3.8) is 0 Å². The van der Waals surface area contributed by atoms with Crippen molar-refractivity contribution in [3.05, 3.63) is 0 Å². The van der Waals surface area contributed by atoms with E-state index in [1.165, 1.54) is 25.7 Å². The van der Waals surface area contributed by atoms with Gasteiger partial charge >= 0.3 is 9.05 Å². The van der Waals surface area contributed by atoms with E-state index in [1.54, 1.807) is 0 Å². The monoisotopic (exact) mass is 312 g/mol. The van der Waals surface area contributed by atoms with Crippen LogP contribution in [-0.2, 0) is 17.7 Å². The summed E-state index contributed by atoms with van der Waals surface area (Å²) in [7, 11) is -2.93. The number of hydrogen-bond donors (Lipinski definition) is 0. The Morgan fingerprint density at radius 2 is 0.667 bits per heavy atom. The molecule has 0 bridgehead atoms. The Hall–Kier alpha value is 0.0569. The second-order valence-corrected chi connectivity index (χ2v) is 9.13. The lowest BCUT2D eigenvalue weighted by Crippen LogP contribution is -2.59. The summed E-state index contributed by atoms with van der Waals surface area (Å²) in [5.41, 5.74) is 0. The number of hydrogen-bond acceptors (Lipinski definition) is 4. The van der Waals surface area contributed by atoms with Gasteiger partial charge in [0, 0.05) is 0 Å². The molecule has 21 heavy (non-hydrogen) atoms. The minimum Gasteiger partial charge on any atom is -0.348 e. The molecule has 0 radical (unpaired) electrons. The smallest absolute Gasteiger partial charge is 0.348 e. The van der Waals surface area contributed by atoms with Gasteiger partial charge in [0.05, 0.1) is 24.4 Å². The SMILES string of the molecule is C1CC(O[Si](OC2CCC2)(OC2CCC2)OC2CCC2)C1. The van der Waals surface area contributed by atoms with E-state index in [0.717, 1.165) is 51.4 Å². The first-order chi connectivity index (χ1) is 10.3. The predicted molar refractivity (Wildman–Crippen MR) is 80.7 cm³/mol. The molecule has 0 spiro atoms. The highest BCUT2D eigenvalue weighted by Gasteiger charge is 2.55. The maximum Gasteiger partial charge on any atom is 0.680 e. The molecule has 4 fully saturated rings. The lowest BCUT2D eigenvalue weighted by molar-refractivity contribution is -0.142. The summed E-state index contributed by atoms with van der Waals surface area (Å²) in [5.74, 6) is 0. The Morgan fingerprint density at radius 1 is 0.429 bits per heavy atom. The van der Waals surface area contributed by atoms with Crippen LogP contribution in [0.3, 0.4) is 0 Å². The first-order valence-electron chi connectivity index (χ1n) is 9.03. The van der Waals surface area contributed by atoms with E-state index in [1.807, 2.05) is 0 Å². The highest BCUT2D eigenvalue weighted by molar-refractivity contribution is 6.53. The zero-order valence-electron chi connectivity index (χ0n) is 12.9. The largest absolute Gasteiger partial charge is 0.680 e. The minimum absolute atomic E-state index is 0.317. The average molecular weight is 312 g/mol. The van der Waals surface area contributed by atoms with Gasteiger partial charge in [-0.1, -0.05) is 0 Å². The van der Waals surface area contributed by atoms with Crippen molar-refractivity contribution in [1.29, 1.82) is 0 Å². The first kappa shape index (κ1) is 14.6. The fourth-order valence-corrected chi connectivity index (χ4v) is 5.85. The van der Waals surface area contributed by atoms with E-state index in [9.17, 15) is 0 Å². The summed E-state index contributed by atoms with van der Waals surface area (Å²) in [6, 6.07) is 0. The van der Waals surface area contributed by atoms with Crippen molar-refractivity contribution in [2.75, 3.05) is 0 Å². The van der Waals surface area contributed by atoms with Gasteiger partial charge in [-0.2, -0.15) is 0 Å². The third kappa shape index (κ3) is 3.37. The Kier molecular flexibility index (Phi) is 4.38. The molecule has 5 heteroatoms. The molecular weight excluding hydrogens is 284 g/mol. The predicted octanol–water partition coefficient (Wildman–Crippen LogP) is 3.70. The Balaban J connectivity index is 1.45. The van der Waals surface area contributed by atoms with Crippen LogP contribution in [0.25, 0.3) is 0 Å². The van der Waals surface area contributed by atoms with E-state index in [2.05, 4.69) is 0 Å². The van der Waals surface area contributed by atoms with Gasteiger partial charge in [-0.25, -0.2) is 0 Å². The first-order valence-corrected chi connectivity index (χ1v) is 10.7. The molecule has 4 saturated carbocycles. The molecule has 0 atom stereocenters. The quantitative estimate of drug-likeness (QED) is 0.640. The van der Waals surface area contributed by atoms with Gasteiger partial charge in [-0.3, -0.25) is 0 Å². The molecule has 0 aromatic carbocycles. The van der Waals surface area contributed by atoms with Gasteiger partial charge in [0.25, 0.3) is 0 Å². The van der Waals surface area contributed by atoms with Crippen LogP contribution in [-0.4, -0.2) is 33.5 Å². The Bertz CT molecular complexity index is 279. The van der Waals surface area contributed by atoms with Crippen molar-refractivity contribution in [2.24, 2.45) is 0 Å². The van der Waals surface area contributed by atoms with Crippen molar-refractivity contribution in [1.82, 2.24) is 0 Å². The third-order valence-corrected chi connectivity index (χ3v) is 7.94. The van der Waals surface area contributed by atoms with Gasteiger partial charge in [-0.05, 0) is 77.0 Å². The highest BCUT2D eigenvalue weighted by Crippen LogP contribution is 2.37. The van der Waals surface area contributed by atoms with Crippen molar-refractivity contribution in [3.8, 4) is 0 Å². The van der Waals surface area contributed by atoms with Crippen LogP contribution in [0.1, 0.15) is 77.0 Å². The molecule has 0 amide bonds. The van der Waals surface area contributed by atoms with E-state index in [-0.39, 0.29) is 0 Å². The van der Waals surface area contributed by atoms with Crippen LogP contribution < -0.4 is 0 Å². The summed E-state index contributed by atoms with van der Waals surface area (Å²) in [4.78, 5) is 0. The zero-order chi connectivity index (χ0) is 14.1. The molecule has 0 unspecified atom stereocenters. The average Bonchev–Trinajstić information content (AvgIpc) is 2.28. The van der Waals surface area contributed by atoms with Crippen LogP contribution in [0.15, 0.2) is 0 Å². The van der Waals surface area contributed by atoms with Gasteiger partial charge < -0.3 is 17.7 Å². The van der Waals surface area contributed by atoms with Gasteiger partial charge in [-0.15, -0.1) is 0 Å².